The summed E-state index contributed by atoms with van der Waals surface area (Å²) in [6.45, 7) is 4.39. The molecule has 0 saturated carbocycles. The number of rotatable bonds is 3. The van der Waals surface area contributed by atoms with Crippen molar-refractivity contribution in [3.63, 3.8) is 0 Å². The second kappa shape index (κ2) is 4.68. The summed E-state index contributed by atoms with van der Waals surface area (Å²) in [4.78, 5) is 10.8. The molecule has 1 fully saturated rings. The molecule has 0 radical (unpaired) electrons. The zero-order valence-corrected chi connectivity index (χ0v) is 9.35. The average molecular weight is 206 g/mol. The topological polar surface area (TPSA) is 41.1 Å². The largest absolute Gasteiger partial charge is 0.315 e. The minimum atomic E-state index is 0.337. The van der Waals surface area contributed by atoms with E-state index >= 15 is 0 Å². The van der Waals surface area contributed by atoms with Gasteiger partial charge in [0.1, 0.15) is 0 Å². The van der Waals surface area contributed by atoms with Crippen LogP contribution in [0, 0.1) is 0 Å². The van der Waals surface area contributed by atoms with Crippen molar-refractivity contribution in [3.05, 3.63) is 24.3 Å². The van der Waals surface area contributed by atoms with E-state index in [0.717, 1.165) is 18.8 Å². The van der Waals surface area contributed by atoms with Crippen LogP contribution in [0.3, 0.4) is 0 Å². The fraction of sp³-hybridized carbons (Fsp3) is 0.636. The van der Waals surface area contributed by atoms with Gasteiger partial charge < -0.3 is 5.32 Å². The molecule has 2 atom stereocenters. The van der Waals surface area contributed by atoms with E-state index in [-0.39, 0.29) is 0 Å². The van der Waals surface area contributed by atoms with Gasteiger partial charge in [-0.2, -0.15) is 0 Å². The lowest BCUT2D eigenvalue weighted by Gasteiger charge is -2.29. The monoisotopic (exact) mass is 206 g/mol. The highest BCUT2D eigenvalue weighted by molar-refractivity contribution is 5.02. The molecular formula is C11H18N4. The van der Waals surface area contributed by atoms with Crippen LogP contribution in [-0.4, -0.2) is 41.0 Å². The minimum Gasteiger partial charge on any atom is -0.315 e. The van der Waals surface area contributed by atoms with Crippen molar-refractivity contribution in [2.75, 3.05) is 20.1 Å². The molecule has 0 spiro atoms. The molecule has 1 unspecified atom stereocenters. The second-order valence-electron chi connectivity index (χ2n) is 4.12. The van der Waals surface area contributed by atoms with Crippen molar-refractivity contribution in [1.29, 1.82) is 0 Å². The number of nitrogens with one attached hydrogen (secondary N) is 1. The van der Waals surface area contributed by atoms with Gasteiger partial charge in [-0.1, -0.05) is 0 Å². The standard InChI is InChI=1S/C11H18N4/c1-9(11-8-13-5-6-14-11)15(2)10-3-4-12-7-10/h5-6,8-10,12H,3-4,7H2,1-2H3/t9?,10-/m0/s1. The molecule has 2 rings (SSSR count). The molecule has 15 heavy (non-hydrogen) atoms. The Balaban J connectivity index is 2.03. The maximum absolute atomic E-state index is 4.35. The van der Waals surface area contributed by atoms with Crippen molar-refractivity contribution in [1.82, 2.24) is 20.2 Å². The van der Waals surface area contributed by atoms with Gasteiger partial charge in [-0.15, -0.1) is 0 Å². The van der Waals surface area contributed by atoms with Gasteiger partial charge in [0.2, 0.25) is 0 Å². The smallest absolute Gasteiger partial charge is 0.0755 e. The van der Waals surface area contributed by atoms with Gasteiger partial charge in [-0.05, 0) is 26.9 Å². The van der Waals surface area contributed by atoms with Gasteiger partial charge >= 0.3 is 0 Å². The predicted molar refractivity (Wildman–Crippen MR) is 59.5 cm³/mol. The number of aromatic nitrogens is 2. The summed E-state index contributed by atoms with van der Waals surface area (Å²) >= 11 is 0. The van der Waals surface area contributed by atoms with E-state index in [1.165, 1.54) is 6.42 Å². The number of hydrogen-bond donors (Lipinski definition) is 1. The van der Waals surface area contributed by atoms with Crippen molar-refractivity contribution >= 4 is 0 Å². The Hall–Kier alpha value is -1.00. The first-order chi connectivity index (χ1) is 7.29. The lowest BCUT2D eigenvalue weighted by atomic mass is 10.1. The van der Waals surface area contributed by atoms with Crippen LogP contribution in [0.15, 0.2) is 18.6 Å². The SMILES string of the molecule is CC(c1cnccn1)N(C)[C@H]1CCNC1. The molecule has 1 aliphatic heterocycles. The lowest BCUT2D eigenvalue weighted by Crippen LogP contribution is -2.35. The molecule has 2 heterocycles. The predicted octanol–water partition coefficient (Wildman–Crippen LogP) is 0.831. The van der Waals surface area contributed by atoms with Crippen LogP contribution in [0.5, 0.6) is 0 Å². The van der Waals surface area contributed by atoms with Crippen LogP contribution in [-0.2, 0) is 0 Å². The van der Waals surface area contributed by atoms with Gasteiger partial charge in [-0.25, -0.2) is 0 Å². The highest BCUT2D eigenvalue weighted by Gasteiger charge is 2.24. The summed E-state index contributed by atoms with van der Waals surface area (Å²) in [5.41, 5.74) is 1.05. The van der Waals surface area contributed by atoms with Crippen molar-refractivity contribution < 1.29 is 0 Å². The zero-order chi connectivity index (χ0) is 10.7. The molecule has 1 N–H and O–H groups in total. The Morgan fingerprint density at radius 2 is 2.40 bits per heavy atom. The first-order valence-electron chi connectivity index (χ1n) is 5.47. The highest BCUT2D eigenvalue weighted by Crippen LogP contribution is 2.20. The quantitative estimate of drug-likeness (QED) is 0.795. The molecule has 1 aromatic heterocycles. The third-order valence-electron chi connectivity index (χ3n) is 3.23. The molecule has 4 heteroatoms. The molecule has 1 aliphatic rings. The van der Waals surface area contributed by atoms with Crippen molar-refractivity contribution in [2.24, 2.45) is 0 Å². The minimum absolute atomic E-state index is 0.337. The normalized spacial score (nSPS) is 23.3. The van der Waals surface area contributed by atoms with E-state index in [2.05, 4.69) is 34.2 Å². The summed E-state index contributed by atoms with van der Waals surface area (Å²) in [7, 11) is 2.16. The lowest BCUT2D eigenvalue weighted by molar-refractivity contribution is 0.193. The van der Waals surface area contributed by atoms with E-state index in [0.29, 0.717) is 12.1 Å². The van der Waals surface area contributed by atoms with E-state index < -0.39 is 0 Å². The highest BCUT2D eigenvalue weighted by atomic mass is 15.2. The Bertz CT molecular complexity index is 295. The summed E-state index contributed by atoms with van der Waals surface area (Å²) in [5.74, 6) is 0. The summed E-state index contributed by atoms with van der Waals surface area (Å²) in [6.07, 6.45) is 6.55. The Kier molecular flexibility index (Phi) is 3.28. The van der Waals surface area contributed by atoms with Gasteiger partial charge in [0.05, 0.1) is 11.7 Å². The average Bonchev–Trinajstić information content (AvgIpc) is 2.82. The molecule has 0 bridgehead atoms. The zero-order valence-electron chi connectivity index (χ0n) is 9.35. The Morgan fingerprint density at radius 1 is 1.53 bits per heavy atom. The summed E-state index contributed by atoms with van der Waals surface area (Å²) < 4.78 is 0. The van der Waals surface area contributed by atoms with Gasteiger partial charge in [0, 0.05) is 31.2 Å². The van der Waals surface area contributed by atoms with E-state index in [4.69, 9.17) is 0 Å². The van der Waals surface area contributed by atoms with Crippen LogP contribution in [0.25, 0.3) is 0 Å². The van der Waals surface area contributed by atoms with Crippen LogP contribution < -0.4 is 5.32 Å². The molecule has 0 amide bonds. The number of likely N-dealkylation sites (N-methyl/N-ethyl adjacent to an activating group) is 1. The molecule has 1 saturated heterocycles. The first-order valence-corrected chi connectivity index (χ1v) is 5.47. The maximum atomic E-state index is 4.35. The van der Waals surface area contributed by atoms with E-state index in [1.54, 1.807) is 12.4 Å². The summed E-state index contributed by atoms with van der Waals surface area (Å²) in [6, 6.07) is 0.964. The molecule has 1 aromatic rings. The fourth-order valence-electron chi connectivity index (χ4n) is 2.04. The third-order valence-corrected chi connectivity index (χ3v) is 3.23. The van der Waals surface area contributed by atoms with Gasteiger partial charge in [-0.3, -0.25) is 14.9 Å². The van der Waals surface area contributed by atoms with Crippen LogP contribution in [0.4, 0.5) is 0 Å². The number of hydrogen-bond acceptors (Lipinski definition) is 4. The van der Waals surface area contributed by atoms with Gasteiger partial charge in [0.15, 0.2) is 0 Å². The Morgan fingerprint density at radius 3 is 3.00 bits per heavy atom. The fourth-order valence-corrected chi connectivity index (χ4v) is 2.04. The molecule has 0 aliphatic carbocycles. The maximum Gasteiger partial charge on any atom is 0.0755 e. The molecule has 82 valence electrons. The molecule has 0 aromatic carbocycles. The van der Waals surface area contributed by atoms with Gasteiger partial charge in [0.25, 0.3) is 0 Å². The van der Waals surface area contributed by atoms with E-state index in [1.807, 2.05) is 6.20 Å². The Labute approximate surface area is 90.7 Å². The van der Waals surface area contributed by atoms with Crippen LogP contribution in [0.1, 0.15) is 25.1 Å². The third kappa shape index (κ3) is 2.33. The molecule has 4 nitrogen and oxygen atoms in total. The van der Waals surface area contributed by atoms with Crippen LogP contribution >= 0.6 is 0 Å². The number of nitrogens with zero attached hydrogens (tertiary/aromatic N) is 3. The summed E-state index contributed by atoms with van der Waals surface area (Å²) in [5, 5.41) is 3.38. The molecular weight excluding hydrogens is 188 g/mol. The van der Waals surface area contributed by atoms with E-state index in [9.17, 15) is 0 Å². The van der Waals surface area contributed by atoms with Crippen molar-refractivity contribution in [3.8, 4) is 0 Å². The first kappa shape index (κ1) is 10.5. The van der Waals surface area contributed by atoms with Crippen LogP contribution in [0.2, 0.25) is 0 Å². The second-order valence-corrected chi connectivity index (χ2v) is 4.12. The van der Waals surface area contributed by atoms with Crippen molar-refractivity contribution in [2.45, 2.75) is 25.4 Å².